The van der Waals surface area contributed by atoms with Gasteiger partial charge in [0.15, 0.2) is 0 Å². The van der Waals surface area contributed by atoms with Crippen molar-refractivity contribution in [1.82, 2.24) is 0 Å². The van der Waals surface area contributed by atoms with E-state index in [1.807, 2.05) is 6.07 Å². The van der Waals surface area contributed by atoms with Crippen LogP contribution in [0.4, 0.5) is 0 Å². The molecule has 21 heavy (non-hydrogen) atoms. The number of hydrogen-bond acceptors (Lipinski definition) is 1. The van der Waals surface area contributed by atoms with Crippen LogP contribution in [0.25, 0.3) is 11.1 Å². The molecule has 0 saturated carbocycles. The Labute approximate surface area is 123 Å². The highest BCUT2D eigenvalue weighted by atomic mass is 16.5. The first kappa shape index (κ1) is 11.2. The van der Waals surface area contributed by atoms with Gasteiger partial charge in [0.2, 0.25) is 0 Å². The molecule has 1 aliphatic carbocycles. The largest absolute Gasteiger partial charge is 0.457 e. The third kappa shape index (κ3) is 1.58. The van der Waals surface area contributed by atoms with Crippen molar-refractivity contribution in [3.05, 3.63) is 82.9 Å². The van der Waals surface area contributed by atoms with E-state index < -0.39 is 0 Å². The van der Waals surface area contributed by atoms with Crippen molar-refractivity contribution >= 4 is 0 Å². The van der Waals surface area contributed by atoms with E-state index in [0.29, 0.717) is 0 Å². The maximum atomic E-state index is 6.12. The van der Waals surface area contributed by atoms with Gasteiger partial charge in [0.1, 0.15) is 11.5 Å². The summed E-state index contributed by atoms with van der Waals surface area (Å²) in [5.74, 6) is 2.01. The number of rotatable bonds is 0. The smallest absolute Gasteiger partial charge is 0.131 e. The van der Waals surface area contributed by atoms with Crippen LogP contribution in [0.5, 0.6) is 11.5 Å². The van der Waals surface area contributed by atoms with E-state index in [1.165, 1.54) is 33.4 Å². The van der Waals surface area contributed by atoms with E-state index in [2.05, 4.69) is 54.6 Å². The zero-order chi connectivity index (χ0) is 13.8. The van der Waals surface area contributed by atoms with Gasteiger partial charge in [-0.2, -0.15) is 0 Å². The lowest BCUT2D eigenvalue weighted by Crippen LogP contribution is -2.03. The Hall–Kier alpha value is -2.54. The molecule has 0 N–H and O–H groups in total. The molecule has 0 fully saturated rings. The molecular formula is C20H14O. The van der Waals surface area contributed by atoms with Crippen LogP contribution in [-0.4, -0.2) is 0 Å². The summed E-state index contributed by atoms with van der Waals surface area (Å²) in [6.07, 6.45) is 2.01. The Kier molecular flexibility index (Phi) is 2.12. The average Bonchev–Trinajstić information content (AvgIpc) is 2.88. The minimum atomic E-state index is 0.967. The summed E-state index contributed by atoms with van der Waals surface area (Å²) in [7, 11) is 0. The predicted molar refractivity (Wildman–Crippen MR) is 84.0 cm³/mol. The Balaban J connectivity index is 1.68. The Morgan fingerprint density at radius 1 is 0.571 bits per heavy atom. The summed E-state index contributed by atoms with van der Waals surface area (Å²) >= 11 is 0. The summed E-state index contributed by atoms with van der Waals surface area (Å²) in [6, 6.07) is 21.6. The van der Waals surface area contributed by atoms with Crippen molar-refractivity contribution in [2.45, 2.75) is 12.8 Å². The summed E-state index contributed by atoms with van der Waals surface area (Å²) < 4.78 is 6.12. The van der Waals surface area contributed by atoms with Gasteiger partial charge in [0, 0.05) is 6.42 Å². The van der Waals surface area contributed by atoms with Crippen molar-refractivity contribution < 1.29 is 4.74 Å². The molecule has 1 nitrogen and oxygen atoms in total. The monoisotopic (exact) mass is 270 g/mol. The highest BCUT2D eigenvalue weighted by molar-refractivity contribution is 5.79. The molecule has 1 aliphatic heterocycles. The summed E-state index contributed by atoms with van der Waals surface area (Å²) in [6.45, 7) is 0. The molecule has 5 rings (SSSR count). The first-order valence-corrected chi connectivity index (χ1v) is 7.38. The number of fused-ring (bicyclic) bond motifs is 5. The minimum absolute atomic E-state index is 0.967. The SMILES string of the molecule is c1ccc2c(c1)Cc1cc3c(cc1O2)-c1ccccc1C3. The minimum Gasteiger partial charge on any atom is -0.457 e. The molecule has 1 heteroatoms. The second-order valence-corrected chi connectivity index (χ2v) is 5.84. The van der Waals surface area contributed by atoms with Crippen LogP contribution < -0.4 is 4.74 Å². The van der Waals surface area contributed by atoms with Crippen molar-refractivity contribution in [2.75, 3.05) is 0 Å². The molecule has 0 bridgehead atoms. The fourth-order valence-corrected chi connectivity index (χ4v) is 3.52. The van der Waals surface area contributed by atoms with Gasteiger partial charge >= 0.3 is 0 Å². The van der Waals surface area contributed by atoms with E-state index in [9.17, 15) is 0 Å². The van der Waals surface area contributed by atoms with Crippen LogP contribution in [0.1, 0.15) is 22.3 Å². The van der Waals surface area contributed by atoms with Gasteiger partial charge in [-0.15, -0.1) is 0 Å². The van der Waals surface area contributed by atoms with Gasteiger partial charge in [-0.25, -0.2) is 0 Å². The van der Waals surface area contributed by atoms with Gasteiger partial charge in [-0.05, 0) is 51.9 Å². The van der Waals surface area contributed by atoms with Crippen LogP contribution in [0, 0.1) is 0 Å². The molecule has 1 heterocycles. The molecule has 0 saturated heterocycles. The van der Waals surface area contributed by atoms with E-state index in [1.54, 1.807) is 0 Å². The number of hydrogen-bond donors (Lipinski definition) is 0. The quantitative estimate of drug-likeness (QED) is 0.386. The van der Waals surface area contributed by atoms with E-state index in [0.717, 1.165) is 24.3 Å². The van der Waals surface area contributed by atoms with Crippen LogP contribution in [0.2, 0.25) is 0 Å². The highest BCUT2D eigenvalue weighted by Crippen LogP contribution is 2.44. The fraction of sp³-hybridized carbons (Fsp3) is 0.100. The van der Waals surface area contributed by atoms with Crippen molar-refractivity contribution in [3.63, 3.8) is 0 Å². The molecule has 3 aromatic carbocycles. The zero-order valence-electron chi connectivity index (χ0n) is 11.6. The van der Waals surface area contributed by atoms with E-state index in [-0.39, 0.29) is 0 Å². The molecule has 0 amide bonds. The Morgan fingerprint density at radius 3 is 2.29 bits per heavy atom. The zero-order valence-corrected chi connectivity index (χ0v) is 11.6. The lowest BCUT2D eigenvalue weighted by molar-refractivity contribution is 0.460. The van der Waals surface area contributed by atoms with Gasteiger partial charge in [0.05, 0.1) is 0 Å². The van der Waals surface area contributed by atoms with Crippen LogP contribution in [-0.2, 0) is 12.8 Å². The first-order valence-electron chi connectivity index (χ1n) is 7.38. The molecule has 0 unspecified atom stereocenters. The van der Waals surface area contributed by atoms with Gasteiger partial charge in [0.25, 0.3) is 0 Å². The lowest BCUT2D eigenvalue weighted by atomic mass is 9.96. The molecule has 0 spiro atoms. The predicted octanol–water partition coefficient (Wildman–Crippen LogP) is 4.95. The van der Waals surface area contributed by atoms with E-state index in [4.69, 9.17) is 4.74 Å². The van der Waals surface area contributed by atoms with Crippen molar-refractivity contribution in [1.29, 1.82) is 0 Å². The fourth-order valence-electron chi connectivity index (χ4n) is 3.52. The maximum Gasteiger partial charge on any atom is 0.131 e. The maximum absolute atomic E-state index is 6.12. The highest BCUT2D eigenvalue weighted by Gasteiger charge is 2.23. The van der Waals surface area contributed by atoms with Crippen LogP contribution >= 0.6 is 0 Å². The second-order valence-electron chi connectivity index (χ2n) is 5.84. The molecule has 0 aromatic heterocycles. The van der Waals surface area contributed by atoms with Gasteiger partial charge in [-0.1, -0.05) is 48.5 Å². The van der Waals surface area contributed by atoms with Gasteiger partial charge < -0.3 is 4.74 Å². The standard InChI is InChI=1S/C20H14O/c1-3-7-17-13(5-1)9-15-11-16-10-14-6-2-4-8-19(14)21-20(16)12-18(15)17/h1-8,11-12H,9-10H2. The van der Waals surface area contributed by atoms with Crippen LogP contribution in [0.15, 0.2) is 60.7 Å². The lowest BCUT2D eigenvalue weighted by Gasteiger charge is -2.21. The normalized spacial score (nSPS) is 13.7. The number of para-hydroxylation sites is 1. The Bertz CT molecular complexity index is 877. The third-order valence-corrected chi connectivity index (χ3v) is 4.55. The second kappa shape index (κ2) is 3.98. The molecular weight excluding hydrogens is 256 g/mol. The van der Waals surface area contributed by atoms with E-state index >= 15 is 0 Å². The van der Waals surface area contributed by atoms with Crippen LogP contribution in [0.3, 0.4) is 0 Å². The number of ether oxygens (including phenoxy) is 1. The van der Waals surface area contributed by atoms with Crippen molar-refractivity contribution in [2.24, 2.45) is 0 Å². The third-order valence-electron chi connectivity index (χ3n) is 4.55. The molecule has 0 radical (unpaired) electrons. The summed E-state index contributed by atoms with van der Waals surface area (Å²) in [4.78, 5) is 0. The molecule has 2 aliphatic rings. The van der Waals surface area contributed by atoms with Gasteiger partial charge in [-0.3, -0.25) is 0 Å². The number of benzene rings is 3. The molecule has 3 aromatic rings. The first-order chi connectivity index (χ1) is 10.4. The average molecular weight is 270 g/mol. The summed E-state index contributed by atoms with van der Waals surface area (Å²) in [5, 5.41) is 0. The topological polar surface area (TPSA) is 9.23 Å². The Morgan fingerprint density at radius 2 is 1.33 bits per heavy atom. The molecule has 100 valence electrons. The summed E-state index contributed by atoms with van der Waals surface area (Å²) in [5.41, 5.74) is 8.13. The van der Waals surface area contributed by atoms with Crippen molar-refractivity contribution in [3.8, 4) is 22.6 Å². The molecule has 0 atom stereocenters.